The van der Waals surface area contributed by atoms with E-state index in [1.54, 1.807) is 0 Å². The first kappa shape index (κ1) is 21.5. The Morgan fingerprint density at radius 2 is 1.63 bits per heavy atom. The number of para-hydroxylation sites is 2. The lowest BCUT2D eigenvalue weighted by Gasteiger charge is -2.14. The van der Waals surface area contributed by atoms with Gasteiger partial charge in [-0.15, -0.1) is 11.8 Å². The highest BCUT2D eigenvalue weighted by Gasteiger charge is 2.18. The Kier molecular flexibility index (Phi) is 7.56. The summed E-state index contributed by atoms with van der Waals surface area (Å²) in [6, 6.07) is 26.5. The molecule has 0 radical (unpaired) electrons. The summed E-state index contributed by atoms with van der Waals surface area (Å²) < 4.78 is 0. The summed E-state index contributed by atoms with van der Waals surface area (Å²) in [6.45, 7) is 1.91. The normalized spacial score (nSPS) is 11.2. The van der Waals surface area contributed by atoms with Crippen LogP contribution in [0.3, 0.4) is 0 Å². The molecule has 0 atom stereocenters. The van der Waals surface area contributed by atoms with Crippen molar-refractivity contribution >= 4 is 40.6 Å². The van der Waals surface area contributed by atoms with Crippen molar-refractivity contribution in [3.63, 3.8) is 0 Å². The number of thioether (sulfide) groups is 1. The van der Waals surface area contributed by atoms with E-state index in [9.17, 15) is 10.1 Å². The van der Waals surface area contributed by atoms with Gasteiger partial charge >= 0.3 is 0 Å². The van der Waals surface area contributed by atoms with Crippen molar-refractivity contribution in [2.24, 2.45) is 0 Å². The topological polar surface area (TPSA) is 64.9 Å². The number of nitriles is 1. The second-order valence-corrected chi connectivity index (χ2v) is 7.91. The zero-order chi connectivity index (χ0) is 21.3. The third-order valence-corrected chi connectivity index (χ3v) is 5.61. The van der Waals surface area contributed by atoms with Crippen LogP contribution in [0.4, 0.5) is 11.4 Å². The van der Waals surface area contributed by atoms with Crippen LogP contribution in [0.25, 0.3) is 0 Å². The van der Waals surface area contributed by atoms with Gasteiger partial charge < -0.3 is 10.6 Å². The van der Waals surface area contributed by atoms with Crippen LogP contribution in [-0.2, 0) is 10.5 Å². The minimum atomic E-state index is -0.450. The van der Waals surface area contributed by atoms with Crippen LogP contribution < -0.4 is 10.6 Å². The quantitative estimate of drug-likeness (QED) is 0.335. The van der Waals surface area contributed by atoms with Crippen LogP contribution in [0.2, 0.25) is 5.02 Å². The third kappa shape index (κ3) is 5.90. The zero-order valence-electron chi connectivity index (χ0n) is 16.4. The molecule has 6 heteroatoms. The number of aryl methyl sites for hydroxylation is 1. The highest BCUT2D eigenvalue weighted by Crippen LogP contribution is 2.27. The fraction of sp³-hybridized carbons (Fsp3) is 0.0833. The van der Waals surface area contributed by atoms with Gasteiger partial charge in [-0.2, -0.15) is 5.26 Å². The van der Waals surface area contributed by atoms with E-state index in [4.69, 9.17) is 11.6 Å². The molecule has 30 heavy (non-hydrogen) atoms. The van der Waals surface area contributed by atoms with Gasteiger partial charge in [-0.25, -0.2) is 0 Å². The SMILES string of the molecule is Cc1ccccc1NC(=O)/C(C#N)=C(\Nc1ccccc1)SCc1ccc(Cl)cc1. The maximum Gasteiger partial charge on any atom is 0.269 e. The van der Waals surface area contributed by atoms with Crippen molar-refractivity contribution in [2.75, 3.05) is 10.6 Å². The fourth-order valence-corrected chi connectivity index (χ4v) is 3.76. The minimum Gasteiger partial charge on any atom is -0.349 e. The number of hydrogen-bond donors (Lipinski definition) is 2. The molecule has 150 valence electrons. The molecule has 0 heterocycles. The van der Waals surface area contributed by atoms with Gasteiger partial charge in [-0.05, 0) is 48.4 Å². The number of anilines is 2. The predicted octanol–water partition coefficient (Wildman–Crippen LogP) is 6.37. The molecule has 0 saturated carbocycles. The predicted molar refractivity (Wildman–Crippen MR) is 125 cm³/mol. The van der Waals surface area contributed by atoms with E-state index in [0.29, 0.717) is 21.5 Å². The maximum absolute atomic E-state index is 12.9. The number of rotatable bonds is 7. The van der Waals surface area contributed by atoms with E-state index in [1.165, 1.54) is 11.8 Å². The highest BCUT2D eigenvalue weighted by atomic mass is 35.5. The molecule has 3 rings (SSSR count). The Morgan fingerprint density at radius 3 is 2.30 bits per heavy atom. The number of nitrogens with one attached hydrogen (secondary N) is 2. The number of carbonyl (C=O) groups excluding carboxylic acids is 1. The average Bonchev–Trinajstić information content (AvgIpc) is 2.76. The smallest absolute Gasteiger partial charge is 0.269 e. The minimum absolute atomic E-state index is 0.0288. The summed E-state index contributed by atoms with van der Waals surface area (Å²) in [7, 11) is 0. The standard InChI is InChI=1S/C24H20ClN3OS/c1-17-7-5-6-10-22(17)28-23(29)21(15-26)24(27-20-8-3-2-4-9-20)30-16-18-11-13-19(25)14-12-18/h2-14,27H,16H2,1H3,(H,28,29)/b24-21+. The van der Waals surface area contributed by atoms with Crippen LogP contribution >= 0.6 is 23.4 Å². The lowest BCUT2D eigenvalue weighted by Crippen LogP contribution is -2.17. The number of hydrogen-bond acceptors (Lipinski definition) is 4. The van der Waals surface area contributed by atoms with Gasteiger partial charge in [-0.3, -0.25) is 4.79 Å². The van der Waals surface area contributed by atoms with Crippen LogP contribution in [0.5, 0.6) is 0 Å². The molecular weight excluding hydrogens is 414 g/mol. The first-order valence-electron chi connectivity index (χ1n) is 9.27. The summed E-state index contributed by atoms with van der Waals surface area (Å²) in [5.41, 5.74) is 3.47. The summed E-state index contributed by atoms with van der Waals surface area (Å²) in [4.78, 5) is 12.9. The average molecular weight is 434 g/mol. The van der Waals surface area contributed by atoms with Gasteiger partial charge in [0.05, 0.1) is 5.03 Å². The van der Waals surface area contributed by atoms with Gasteiger partial charge in [0.25, 0.3) is 5.91 Å². The van der Waals surface area contributed by atoms with Crippen molar-refractivity contribution in [3.8, 4) is 6.07 Å². The van der Waals surface area contributed by atoms with Crippen LogP contribution in [-0.4, -0.2) is 5.91 Å². The Hall–Kier alpha value is -3.20. The molecule has 0 unspecified atom stereocenters. The molecule has 0 spiro atoms. The molecule has 1 amide bonds. The van der Waals surface area contributed by atoms with E-state index in [-0.39, 0.29) is 5.57 Å². The van der Waals surface area contributed by atoms with Gasteiger partial charge in [0.2, 0.25) is 0 Å². The summed E-state index contributed by atoms with van der Waals surface area (Å²) >= 11 is 7.35. The maximum atomic E-state index is 12.9. The van der Waals surface area contributed by atoms with Crippen molar-refractivity contribution in [3.05, 3.63) is 106 Å². The molecule has 0 bridgehead atoms. The van der Waals surface area contributed by atoms with Crippen molar-refractivity contribution in [1.82, 2.24) is 0 Å². The molecule has 3 aromatic carbocycles. The van der Waals surface area contributed by atoms with Crippen LogP contribution in [0.15, 0.2) is 89.5 Å². The summed E-state index contributed by atoms with van der Waals surface area (Å²) in [5, 5.41) is 17.0. The molecule has 0 saturated heterocycles. The second kappa shape index (κ2) is 10.5. The van der Waals surface area contributed by atoms with Crippen molar-refractivity contribution in [2.45, 2.75) is 12.7 Å². The van der Waals surface area contributed by atoms with Gasteiger partial charge in [0.1, 0.15) is 11.6 Å². The largest absolute Gasteiger partial charge is 0.349 e. The first-order valence-corrected chi connectivity index (χ1v) is 10.6. The molecule has 3 aromatic rings. The summed E-state index contributed by atoms with van der Waals surface area (Å²) in [6.07, 6.45) is 0. The van der Waals surface area contributed by atoms with Gasteiger partial charge in [0, 0.05) is 22.2 Å². The Bertz CT molecular complexity index is 1090. The Labute approximate surface area is 185 Å². The molecule has 0 aliphatic rings. The van der Waals surface area contributed by atoms with E-state index in [2.05, 4.69) is 16.7 Å². The number of nitrogens with zero attached hydrogens (tertiary/aromatic N) is 1. The van der Waals surface area contributed by atoms with E-state index < -0.39 is 5.91 Å². The zero-order valence-corrected chi connectivity index (χ0v) is 17.9. The Balaban J connectivity index is 1.88. The molecule has 0 aliphatic carbocycles. The molecule has 0 fully saturated rings. The number of halogens is 1. The van der Waals surface area contributed by atoms with Crippen molar-refractivity contribution < 1.29 is 4.79 Å². The first-order chi connectivity index (χ1) is 14.6. The van der Waals surface area contributed by atoms with Gasteiger partial charge in [0.15, 0.2) is 0 Å². The fourth-order valence-electron chi connectivity index (χ4n) is 2.66. The molecule has 4 nitrogen and oxygen atoms in total. The Morgan fingerprint density at radius 1 is 0.967 bits per heavy atom. The number of amides is 1. The monoisotopic (exact) mass is 433 g/mol. The lowest BCUT2D eigenvalue weighted by atomic mass is 10.2. The number of benzene rings is 3. The third-order valence-electron chi connectivity index (χ3n) is 4.29. The number of carbonyl (C=O) groups is 1. The summed E-state index contributed by atoms with van der Waals surface area (Å²) in [5.74, 6) is 0.128. The molecule has 0 aromatic heterocycles. The van der Waals surface area contributed by atoms with E-state index in [1.807, 2.05) is 85.8 Å². The lowest BCUT2D eigenvalue weighted by molar-refractivity contribution is -0.112. The van der Waals surface area contributed by atoms with Crippen molar-refractivity contribution in [1.29, 1.82) is 5.26 Å². The van der Waals surface area contributed by atoms with Crippen LogP contribution in [0.1, 0.15) is 11.1 Å². The van der Waals surface area contributed by atoms with E-state index in [0.717, 1.165) is 16.8 Å². The van der Waals surface area contributed by atoms with Gasteiger partial charge in [-0.1, -0.05) is 60.1 Å². The van der Waals surface area contributed by atoms with E-state index >= 15 is 0 Å². The molecule has 0 aliphatic heterocycles. The van der Waals surface area contributed by atoms with Crippen LogP contribution in [0, 0.1) is 18.3 Å². The molecule has 2 N–H and O–H groups in total. The highest BCUT2D eigenvalue weighted by molar-refractivity contribution is 8.02. The molecular formula is C24H20ClN3OS. The second-order valence-electron chi connectivity index (χ2n) is 6.49.